The van der Waals surface area contributed by atoms with Crippen LogP contribution >= 0.6 is 34.8 Å². The molecule has 0 aliphatic carbocycles. The lowest BCUT2D eigenvalue weighted by molar-refractivity contribution is 0.341. The second-order valence-electron chi connectivity index (χ2n) is 5.65. The summed E-state index contributed by atoms with van der Waals surface area (Å²) >= 11 is 18.3. The molecule has 0 aliphatic heterocycles. The number of hydrogen-bond donors (Lipinski definition) is 0. The Morgan fingerprint density at radius 2 is 1.96 bits per heavy atom. The first-order valence-corrected chi connectivity index (χ1v) is 8.48. The zero-order chi connectivity index (χ0) is 17.4. The van der Waals surface area contributed by atoms with Crippen LogP contribution in [0, 0.1) is 13.8 Å². The van der Waals surface area contributed by atoms with Gasteiger partial charge in [0.2, 0.25) is 11.7 Å². The third-order valence-corrected chi connectivity index (χ3v) is 4.87. The van der Waals surface area contributed by atoms with Gasteiger partial charge in [-0.15, -0.1) is 0 Å². The summed E-state index contributed by atoms with van der Waals surface area (Å²) in [6.07, 6.45) is 0. The monoisotopic (exact) mass is 384 g/mol. The second-order valence-corrected chi connectivity index (χ2v) is 6.87. The average Bonchev–Trinajstić information content (AvgIpc) is 3.10. The molecule has 24 heavy (non-hydrogen) atoms. The fourth-order valence-corrected chi connectivity index (χ4v) is 3.03. The molecule has 0 radical (unpaired) electrons. The van der Waals surface area contributed by atoms with Crippen molar-refractivity contribution in [3.63, 3.8) is 0 Å². The fourth-order valence-electron chi connectivity index (χ4n) is 2.41. The van der Waals surface area contributed by atoms with Gasteiger partial charge in [0.05, 0.1) is 33.9 Å². The summed E-state index contributed by atoms with van der Waals surface area (Å²) < 4.78 is 7.24. The maximum absolute atomic E-state index is 6.19. The van der Waals surface area contributed by atoms with E-state index in [0.717, 1.165) is 11.4 Å². The normalized spacial score (nSPS) is 12.6. The molecule has 0 N–H and O–H groups in total. The van der Waals surface area contributed by atoms with Crippen molar-refractivity contribution in [2.75, 3.05) is 0 Å². The van der Waals surface area contributed by atoms with Crippen LogP contribution in [-0.4, -0.2) is 19.9 Å². The Kier molecular flexibility index (Phi) is 4.85. The highest BCUT2D eigenvalue weighted by molar-refractivity contribution is 6.36. The Hall–Kier alpha value is -1.56. The van der Waals surface area contributed by atoms with Crippen molar-refractivity contribution in [1.82, 2.24) is 19.9 Å². The fraction of sp³-hybridized carbons (Fsp3) is 0.312. The van der Waals surface area contributed by atoms with E-state index in [0.29, 0.717) is 38.9 Å². The Balaban J connectivity index is 1.83. The van der Waals surface area contributed by atoms with Crippen LogP contribution in [0.15, 0.2) is 22.7 Å². The minimum absolute atomic E-state index is 0.0219. The van der Waals surface area contributed by atoms with Crippen LogP contribution in [0.2, 0.25) is 15.1 Å². The van der Waals surface area contributed by atoms with Crippen molar-refractivity contribution in [1.29, 1.82) is 0 Å². The van der Waals surface area contributed by atoms with Crippen LogP contribution in [-0.2, 0) is 6.54 Å². The van der Waals surface area contributed by atoms with Gasteiger partial charge >= 0.3 is 0 Å². The molecule has 126 valence electrons. The van der Waals surface area contributed by atoms with Gasteiger partial charge in [-0.3, -0.25) is 4.68 Å². The molecular weight excluding hydrogens is 371 g/mol. The van der Waals surface area contributed by atoms with Gasteiger partial charge < -0.3 is 4.52 Å². The van der Waals surface area contributed by atoms with E-state index in [1.165, 1.54) is 0 Å². The molecule has 0 bridgehead atoms. The van der Waals surface area contributed by atoms with Gasteiger partial charge in [0.1, 0.15) is 0 Å². The highest BCUT2D eigenvalue weighted by Crippen LogP contribution is 2.30. The number of hydrogen-bond acceptors (Lipinski definition) is 4. The van der Waals surface area contributed by atoms with E-state index in [1.54, 1.807) is 18.2 Å². The molecule has 0 saturated heterocycles. The van der Waals surface area contributed by atoms with Crippen LogP contribution in [0.5, 0.6) is 0 Å². The third-order valence-electron chi connectivity index (χ3n) is 3.78. The Labute approximate surface area is 154 Å². The third kappa shape index (κ3) is 3.29. The van der Waals surface area contributed by atoms with Gasteiger partial charge in [0, 0.05) is 10.6 Å². The smallest absolute Gasteiger partial charge is 0.231 e. The summed E-state index contributed by atoms with van der Waals surface area (Å²) in [7, 11) is 0. The van der Waals surface area contributed by atoms with Crippen molar-refractivity contribution >= 4 is 34.8 Å². The number of aryl methyl sites for hydroxylation is 1. The molecule has 3 rings (SSSR count). The highest BCUT2D eigenvalue weighted by Gasteiger charge is 2.19. The molecule has 0 spiro atoms. The van der Waals surface area contributed by atoms with E-state index >= 15 is 0 Å². The maximum atomic E-state index is 6.19. The van der Waals surface area contributed by atoms with E-state index in [4.69, 9.17) is 39.3 Å². The minimum Gasteiger partial charge on any atom is -0.339 e. The molecule has 0 saturated carbocycles. The van der Waals surface area contributed by atoms with Crippen molar-refractivity contribution in [2.24, 2.45) is 0 Å². The van der Waals surface area contributed by atoms with Crippen LogP contribution < -0.4 is 0 Å². The number of benzene rings is 1. The number of rotatable bonds is 4. The minimum atomic E-state index is -0.0219. The molecule has 1 atom stereocenters. The van der Waals surface area contributed by atoms with E-state index in [2.05, 4.69) is 15.2 Å². The Bertz CT molecular complexity index is 888. The Morgan fingerprint density at radius 1 is 1.21 bits per heavy atom. The van der Waals surface area contributed by atoms with E-state index in [9.17, 15) is 0 Å². The van der Waals surface area contributed by atoms with Crippen LogP contribution in [0.1, 0.15) is 30.1 Å². The molecule has 0 aliphatic rings. The molecule has 1 aromatic carbocycles. The highest BCUT2D eigenvalue weighted by atomic mass is 35.5. The Morgan fingerprint density at radius 3 is 2.58 bits per heavy atom. The van der Waals surface area contributed by atoms with Gasteiger partial charge in [0.15, 0.2) is 0 Å². The first-order chi connectivity index (χ1) is 11.4. The zero-order valence-electron chi connectivity index (χ0n) is 13.3. The number of aromatic nitrogens is 4. The van der Waals surface area contributed by atoms with Crippen molar-refractivity contribution in [3.8, 4) is 11.4 Å². The summed E-state index contributed by atoms with van der Waals surface area (Å²) in [5.41, 5.74) is 2.40. The van der Waals surface area contributed by atoms with Gasteiger partial charge in [-0.1, -0.05) is 46.9 Å². The largest absolute Gasteiger partial charge is 0.339 e. The summed E-state index contributed by atoms with van der Waals surface area (Å²) in [6.45, 7) is 6.39. The molecule has 3 aromatic rings. The first-order valence-electron chi connectivity index (χ1n) is 7.35. The standard InChI is InChI=1S/C16H15Cl3N4O/c1-8(7-23-10(3)14(19)9(2)21-23)16-20-15(22-24-16)12-5-4-11(17)6-13(12)18/h4-6,8H,7H2,1-3H3. The van der Waals surface area contributed by atoms with Crippen LogP contribution in [0.3, 0.4) is 0 Å². The molecule has 2 aromatic heterocycles. The SMILES string of the molecule is Cc1nn(CC(C)c2nc(-c3ccc(Cl)cc3Cl)no2)c(C)c1Cl. The molecule has 2 heterocycles. The van der Waals surface area contributed by atoms with Gasteiger partial charge in [0.25, 0.3) is 0 Å². The lowest BCUT2D eigenvalue weighted by Gasteiger charge is -2.08. The van der Waals surface area contributed by atoms with Crippen molar-refractivity contribution in [2.45, 2.75) is 33.2 Å². The van der Waals surface area contributed by atoms with Gasteiger partial charge in [-0.2, -0.15) is 10.1 Å². The number of halogens is 3. The summed E-state index contributed by atoms with van der Waals surface area (Å²) in [5.74, 6) is 0.927. The average molecular weight is 386 g/mol. The van der Waals surface area contributed by atoms with Gasteiger partial charge in [-0.05, 0) is 32.0 Å². The lowest BCUT2D eigenvalue weighted by Crippen LogP contribution is -2.09. The van der Waals surface area contributed by atoms with Crippen molar-refractivity contribution in [3.05, 3.63) is 50.5 Å². The summed E-state index contributed by atoms with van der Waals surface area (Å²) in [5, 5.41) is 10.2. The molecular formula is C16H15Cl3N4O. The van der Waals surface area contributed by atoms with E-state index < -0.39 is 0 Å². The zero-order valence-corrected chi connectivity index (χ0v) is 15.6. The summed E-state index contributed by atoms with van der Waals surface area (Å²) in [6, 6.07) is 5.15. The topological polar surface area (TPSA) is 56.7 Å². The molecule has 0 fully saturated rings. The predicted octanol–water partition coefficient (Wildman–Crippen LogP) is 5.31. The van der Waals surface area contributed by atoms with E-state index in [-0.39, 0.29) is 5.92 Å². The molecule has 1 unspecified atom stereocenters. The summed E-state index contributed by atoms with van der Waals surface area (Å²) in [4.78, 5) is 4.45. The van der Waals surface area contributed by atoms with Crippen molar-refractivity contribution < 1.29 is 4.52 Å². The second kappa shape index (κ2) is 6.75. The predicted molar refractivity (Wildman–Crippen MR) is 94.9 cm³/mol. The maximum Gasteiger partial charge on any atom is 0.231 e. The quantitative estimate of drug-likeness (QED) is 0.610. The molecule has 0 amide bonds. The van der Waals surface area contributed by atoms with Crippen LogP contribution in [0.25, 0.3) is 11.4 Å². The number of nitrogens with zero attached hydrogens (tertiary/aromatic N) is 4. The van der Waals surface area contributed by atoms with E-state index in [1.807, 2.05) is 25.5 Å². The van der Waals surface area contributed by atoms with Gasteiger partial charge in [-0.25, -0.2) is 0 Å². The van der Waals surface area contributed by atoms with Crippen LogP contribution in [0.4, 0.5) is 0 Å². The first kappa shape index (κ1) is 17.3. The lowest BCUT2D eigenvalue weighted by atomic mass is 10.1. The molecule has 8 heteroatoms. The molecule has 5 nitrogen and oxygen atoms in total.